The SMILES string of the molecule is C=COCC1CCC(COC=C)CC1.C=COCCCCCCCCCCCC.C=COCCOC=C.C=COCCOCCO.C=COCCOCCOC=C. The summed E-state index contributed by atoms with van der Waals surface area (Å²) < 4.78 is 49.3. The van der Waals surface area contributed by atoms with Gasteiger partial charge in [0, 0.05) is 0 Å². The maximum Gasteiger partial charge on any atom is 0.121 e. The first-order valence-corrected chi connectivity index (χ1v) is 20.6. The maximum atomic E-state index is 8.24. The maximum absolute atomic E-state index is 8.24. The molecule has 1 saturated carbocycles. The molecule has 0 heterocycles. The van der Waals surface area contributed by atoms with Crippen molar-refractivity contribution in [3.8, 4) is 0 Å². The number of unbranched alkanes of at least 4 members (excludes halogenated alkanes) is 9. The van der Waals surface area contributed by atoms with Crippen molar-refractivity contribution >= 4 is 0 Å². The van der Waals surface area contributed by atoms with Crippen molar-refractivity contribution in [2.24, 2.45) is 11.8 Å². The molecule has 0 unspecified atom stereocenters. The lowest BCUT2D eigenvalue weighted by Gasteiger charge is -2.27. The molecule has 57 heavy (non-hydrogen) atoms. The van der Waals surface area contributed by atoms with Crippen LogP contribution in [0.4, 0.5) is 0 Å². The lowest BCUT2D eigenvalue weighted by atomic mass is 9.83. The van der Waals surface area contributed by atoms with Crippen LogP contribution in [0.1, 0.15) is 96.8 Å². The van der Waals surface area contributed by atoms with Crippen molar-refractivity contribution in [2.75, 3.05) is 85.9 Å². The highest BCUT2D eigenvalue weighted by Gasteiger charge is 2.21. The van der Waals surface area contributed by atoms with Crippen LogP contribution >= 0.6 is 0 Å². The fourth-order valence-corrected chi connectivity index (χ4v) is 4.83. The molecule has 1 rings (SSSR count). The summed E-state index contributed by atoms with van der Waals surface area (Å²) in [5.74, 6) is 1.43. The Bertz CT molecular complexity index is 787. The van der Waals surface area contributed by atoms with Gasteiger partial charge >= 0.3 is 0 Å². The molecule has 1 N–H and O–H groups in total. The van der Waals surface area contributed by atoms with Gasteiger partial charge in [-0.3, -0.25) is 0 Å². The summed E-state index contributed by atoms with van der Waals surface area (Å²) in [6.45, 7) is 37.0. The topological polar surface area (TPSA) is 113 Å². The molecule has 0 aromatic rings. The molecule has 0 amide bonds. The van der Waals surface area contributed by atoms with E-state index in [1.807, 2.05) is 0 Å². The van der Waals surface area contributed by atoms with Crippen molar-refractivity contribution in [3.63, 3.8) is 0 Å². The zero-order valence-electron chi connectivity index (χ0n) is 36.1. The van der Waals surface area contributed by atoms with Crippen LogP contribution in [-0.2, 0) is 47.4 Å². The van der Waals surface area contributed by atoms with Gasteiger partial charge < -0.3 is 52.5 Å². The molecule has 0 aliphatic heterocycles. The smallest absolute Gasteiger partial charge is 0.121 e. The van der Waals surface area contributed by atoms with Crippen molar-refractivity contribution in [1.82, 2.24) is 0 Å². The minimum Gasteiger partial charge on any atom is -0.502 e. The molecule has 0 aromatic heterocycles. The zero-order valence-corrected chi connectivity index (χ0v) is 36.1. The van der Waals surface area contributed by atoms with E-state index in [0.717, 1.165) is 19.8 Å². The fourth-order valence-electron chi connectivity index (χ4n) is 4.83. The summed E-state index contributed by atoms with van der Waals surface area (Å²) >= 11 is 0. The van der Waals surface area contributed by atoms with Gasteiger partial charge in [0.25, 0.3) is 0 Å². The Morgan fingerprint density at radius 1 is 0.368 bits per heavy atom. The molecular weight excluding hydrogens is 728 g/mol. The predicted octanol–water partition coefficient (Wildman–Crippen LogP) is 11.0. The van der Waals surface area contributed by atoms with E-state index in [1.165, 1.54) is 140 Å². The minimum absolute atomic E-state index is 0.0636. The molecule has 334 valence electrons. The van der Waals surface area contributed by atoms with Crippen molar-refractivity contribution in [2.45, 2.75) is 96.8 Å². The number of aliphatic hydroxyl groups excluding tert-OH is 1. The largest absolute Gasteiger partial charge is 0.502 e. The first-order valence-electron chi connectivity index (χ1n) is 20.6. The second-order valence-electron chi connectivity index (χ2n) is 12.2. The summed E-state index contributed by atoms with van der Waals surface area (Å²) in [4.78, 5) is 0. The van der Waals surface area contributed by atoms with Gasteiger partial charge in [0.15, 0.2) is 0 Å². The van der Waals surface area contributed by atoms with E-state index in [4.69, 9.17) is 52.5 Å². The Morgan fingerprint density at radius 2 is 0.649 bits per heavy atom. The summed E-state index contributed by atoms with van der Waals surface area (Å²) in [6, 6.07) is 0. The van der Waals surface area contributed by atoms with E-state index in [9.17, 15) is 0 Å². The van der Waals surface area contributed by atoms with E-state index < -0.39 is 0 Å². The minimum atomic E-state index is 0.0636. The van der Waals surface area contributed by atoms with E-state index in [2.05, 4.69) is 59.6 Å². The van der Waals surface area contributed by atoms with Crippen LogP contribution in [0.2, 0.25) is 0 Å². The van der Waals surface area contributed by atoms with Crippen LogP contribution in [0.15, 0.2) is 103 Å². The van der Waals surface area contributed by atoms with Crippen LogP contribution in [-0.4, -0.2) is 91.0 Å². The number of rotatable bonds is 37. The molecule has 0 saturated heterocycles. The van der Waals surface area contributed by atoms with Crippen molar-refractivity contribution < 1.29 is 52.5 Å². The average Bonchev–Trinajstić information content (AvgIpc) is 3.24. The Balaban J connectivity index is -0.000000314. The summed E-state index contributed by atoms with van der Waals surface area (Å²) in [6.07, 6.45) is 30.3. The Labute approximate surface area is 349 Å². The van der Waals surface area contributed by atoms with Crippen LogP contribution in [0.3, 0.4) is 0 Å². The molecule has 0 aromatic carbocycles. The number of ether oxygens (including phenoxy) is 10. The first-order chi connectivity index (χ1) is 28.0. The van der Waals surface area contributed by atoms with Gasteiger partial charge in [-0.25, -0.2) is 0 Å². The van der Waals surface area contributed by atoms with Gasteiger partial charge in [-0.05, 0) is 43.9 Å². The van der Waals surface area contributed by atoms with Crippen LogP contribution in [0.25, 0.3) is 0 Å². The van der Waals surface area contributed by atoms with Gasteiger partial charge in [-0.2, -0.15) is 0 Å². The molecule has 1 aliphatic rings. The standard InChI is InChI=1S/C14H28O.C12H20O2.C8H14O3.C6H12O3.C6H10O2/c1-3-5-6-7-8-9-10-11-12-13-14-15-4-2;1-3-13-9-11-5-7-12(8-6-11)10-14-4-2;1-3-9-5-7-11-8-6-10-4-2;1-2-8-5-6-9-4-3-7;1-3-7-5-6-8-4-2/h4H,2-3,5-14H2,1H3;3-4,11-12H,1-2,5-10H2;3-4H,1-2,5-8H2;2,7H,1,3-6H2;3-4H,1-2,5-6H2. The molecule has 0 atom stereocenters. The van der Waals surface area contributed by atoms with Crippen LogP contribution in [0, 0.1) is 11.8 Å². The van der Waals surface area contributed by atoms with Crippen molar-refractivity contribution in [3.05, 3.63) is 103 Å². The molecule has 0 bridgehead atoms. The highest BCUT2D eigenvalue weighted by Crippen LogP contribution is 2.29. The van der Waals surface area contributed by atoms with Gasteiger partial charge in [0.1, 0.15) is 33.0 Å². The Morgan fingerprint density at radius 3 is 0.965 bits per heavy atom. The number of hydrogen-bond donors (Lipinski definition) is 1. The normalized spacial score (nSPS) is 13.4. The third-order valence-corrected chi connectivity index (χ3v) is 7.78. The van der Waals surface area contributed by atoms with Gasteiger partial charge in [-0.15, -0.1) is 0 Å². The highest BCUT2D eigenvalue weighted by atomic mass is 16.5. The average molecular weight is 813 g/mol. The lowest BCUT2D eigenvalue weighted by molar-refractivity contribution is 0.0560. The number of aliphatic hydroxyl groups is 1. The second-order valence-corrected chi connectivity index (χ2v) is 12.2. The second kappa shape index (κ2) is 61.4. The van der Waals surface area contributed by atoms with E-state index in [-0.39, 0.29) is 6.61 Å². The lowest BCUT2D eigenvalue weighted by Crippen LogP contribution is -2.20. The molecular formula is C46H84O11. The molecule has 11 heteroatoms. The molecule has 11 nitrogen and oxygen atoms in total. The molecule has 1 aliphatic carbocycles. The Kier molecular flexibility index (Phi) is 64.5. The fraction of sp³-hybridized carbons (Fsp3) is 0.652. The summed E-state index contributed by atoms with van der Waals surface area (Å²) in [5.41, 5.74) is 0. The number of hydrogen-bond acceptors (Lipinski definition) is 11. The molecule has 0 radical (unpaired) electrons. The van der Waals surface area contributed by atoms with E-state index >= 15 is 0 Å². The third-order valence-electron chi connectivity index (χ3n) is 7.78. The third kappa shape index (κ3) is 64.4. The van der Waals surface area contributed by atoms with Gasteiger partial charge in [-0.1, -0.05) is 117 Å². The molecule has 0 spiro atoms. The monoisotopic (exact) mass is 813 g/mol. The Hall–Kier alpha value is -3.80. The predicted molar refractivity (Wildman–Crippen MR) is 235 cm³/mol. The van der Waals surface area contributed by atoms with E-state index in [1.54, 1.807) is 0 Å². The highest BCUT2D eigenvalue weighted by molar-refractivity contribution is 4.73. The van der Waals surface area contributed by atoms with Crippen molar-refractivity contribution in [1.29, 1.82) is 0 Å². The van der Waals surface area contributed by atoms with Crippen LogP contribution < -0.4 is 0 Å². The zero-order chi connectivity index (χ0) is 43.0. The summed E-state index contributed by atoms with van der Waals surface area (Å²) in [5, 5.41) is 8.24. The quantitative estimate of drug-likeness (QED) is 0.0478. The van der Waals surface area contributed by atoms with Gasteiger partial charge in [0.05, 0.1) is 103 Å². The summed E-state index contributed by atoms with van der Waals surface area (Å²) in [7, 11) is 0. The molecule has 1 fully saturated rings. The van der Waals surface area contributed by atoms with Gasteiger partial charge in [0.2, 0.25) is 0 Å². The van der Waals surface area contributed by atoms with E-state index in [0.29, 0.717) is 71.3 Å². The van der Waals surface area contributed by atoms with Crippen LogP contribution in [0.5, 0.6) is 0 Å². The first kappa shape index (κ1) is 59.9.